The molecule has 2 rings (SSSR count). The van der Waals surface area contributed by atoms with Crippen LogP contribution in [0.2, 0.25) is 0 Å². The minimum absolute atomic E-state index is 0.219. The first kappa shape index (κ1) is 21.2. The van der Waals surface area contributed by atoms with Crippen LogP contribution in [-0.2, 0) is 33.3 Å². The largest absolute Gasteiger partial charge is 0.463 e. The molecule has 0 saturated carbocycles. The van der Waals surface area contributed by atoms with Crippen molar-refractivity contribution < 1.29 is 38.4 Å². The second kappa shape index (κ2) is 9.72. The molecule has 27 heavy (non-hydrogen) atoms. The van der Waals surface area contributed by atoms with Crippen LogP contribution < -0.4 is 0 Å². The molecule has 1 saturated heterocycles. The predicted octanol–water partition coefficient (Wildman–Crippen LogP) is 1.29. The van der Waals surface area contributed by atoms with Crippen LogP contribution >= 0.6 is 11.8 Å². The van der Waals surface area contributed by atoms with Crippen LogP contribution in [0, 0.1) is 0 Å². The summed E-state index contributed by atoms with van der Waals surface area (Å²) in [6.07, 6.45) is -4.50. The molecule has 0 spiro atoms. The lowest BCUT2D eigenvalue weighted by Crippen LogP contribution is -2.60. The maximum atomic E-state index is 11.5. The fraction of sp³-hybridized carbons (Fsp3) is 0.500. The molecule has 0 amide bonds. The van der Waals surface area contributed by atoms with E-state index in [1.807, 2.05) is 30.3 Å². The lowest BCUT2D eigenvalue weighted by atomic mass is 9.99. The van der Waals surface area contributed by atoms with E-state index in [1.54, 1.807) is 0 Å². The first-order valence-corrected chi connectivity index (χ1v) is 9.19. The molecule has 148 valence electrons. The number of ether oxygens (including phenoxy) is 4. The molecule has 1 aliphatic heterocycles. The molecule has 1 fully saturated rings. The number of rotatable bonds is 6. The summed E-state index contributed by atoms with van der Waals surface area (Å²) in [6.45, 7) is 3.41. The quantitative estimate of drug-likeness (QED) is 0.560. The lowest BCUT2D eigenvalue weighted by molar-refractivity contribution is -0.229. The van der Waals surface area contributed by atoms with E-state index in [0.29, 0.717) is 0 Å². The van der Waals surface area contributed by atoms with Crippen LogP contribution in [0.1, 0.15) is 20.8 Å². The second-order valence-corrected chi connectivity index (χ2v) is 7.09. The molecule has 0 unspecified atom stereocenters. The Morgan fingerprint density at radius 1 is 1.00 bits per heavy atom. The van der Waals surface area contributed by atoms with Gasteiger partial charge in [0.25, 0.3) is 0 Å². The highest BCUT2D eigenvalue weighted by atomic mass is 32.2. The van der Waals surface area contributed by atoms with Crippen molar-refractivity contribution in [1.29, 1.82) is 0 Å². The SMILES string of the molecule is CC(=O)OC[C@H]1O[C@@H](Sc2ccccc2)[C@H](OC(C)=O)[C@@H](O)[C@H]1OC(C)=O. The third kappa shape index (κ3) is 6.23. The molecule has 0 aromatic heterocycles. The molecule has 9 heteroatoms. The fourth-order valence-electron chi connectivity index (χ4n) is 2.61. The molecule has 1 N–H and O–H groups in total. The summed E-state index contributed by atoms with van der Waals surface area (Å²) in [5.41, 5.74) is -0.793. The molecular weight excluding hydrogens is 376 g/mol. The Labute approximate surface area is 161 Å². The minimum Gasteiger partial charge on any atom is -0.463 e. The van der Waals surface area contributed by atoms with Crippen LogP contribution in [-0.4, -0.2) is 59.5 Å². The highest BCUT2D eigenvalue weighted by Gasteiger charge is 2.49. The zero-order valence-corrected chi connectivity index (χ0v) is 16.0. The van der Waals surface area contributed by atoms with Gasteiger partial charge in [-0.25, -0.2) is 0 Å². The van der Waals surface area contributed by atoms with E-state index < -0.39 is 47.8 Å². The fourth-order valence-corrected chi connectivity index (χ4v) is 3.74. The summed E-state index contributed by atoms with van der Waals surface area (Å²) in [5.74, 6) is -1.79. The van der Waals surface area contributed by atoms with Gasteiger partial charge in [0.05, 0.1) is 0 Å². The van der Waals surface area contributed by atoms with E-state index >= 15 is 0 Å². The Balaban J connectivity index is 2.27. The number of aliphatic hydroxyl groups is 1. The first-order valence-electron chi connectivity index (χ1n) is 8.31. The van der Waals surface area contributed by atoms with E-state index in [9.17, 15) is 19.5 Å². The van der Waals surface area contributed by atoms with E-state index in [2.05, 4.69) is 0 Å². The summed E-state index contributed by atoms with van der Waals surface area (Å²) in [5, 5.41) is 10.7. The van der Waals surface area contributed by atoms with Crippen LogP contribution in [0.25, 0.3) is 0 Å². The Morgan fingerprint density at radius 2 is 1.59 bits per heavy atom. The van der Waals surface area contributed by atoms with E-state index in [0.717, 1.165) is 4.90 Å². The number of hydrogen-bond donors (Lipinski definition) is 1. The van der Waals surface area contributed by atoms with Gasteiger partial charge in [-0.2, -0.15) is 0 Å². The van der Waals surface area contributed by atoms with Gasteiger partial charge in [-0.05, 0) is 12.1 Å². The number of thioether (sulfide) groups is 1. The molecule has 8 nitrogen and oxygen atoms in total. The number of aliphatic hydroxyl groups excluding tert-OH is 1. The Bertz CT molecular complexity index is 663. The summed E-state index contributed by atoms with van der Waals surface area (Å²) >= 11 is 1.24. The van der Waals surface area contributed by atoms with Gasteiger partial charge in [-0.1, -0.05) is 30.0 Å². The Morgan fingerprint density at radius 3 is 2.15 bits per heavy atom. The predicted molar refractivity (Wildman–Crippen MR) is 94.7 cm³/mol. The summed E-state index contributed by atoms with van der Waals surface area (Å²) < 4.78 is 21.3. The molecule has 1 heterocycles. The third-order valence-corrected chi connectivity index (χ3v) is 4.82. The number of benzene rings is 1. The van der Waals surface area contributed by atoms with Gasteiger partial charge in [0.2, 0.25) is 0 Å². The Kier molecular flexibility index (Phi) is 7.64. The molecule has 1 aliphatic rings. The van der Waals surface area contributed by atoms with Gasteiger partial charge in [-0.15, -0.1) is 0 Å². The first-order chi connectivity index (χ1) is 12.8. The second-order valence-electron chi connectivity index (χ2n) is 5.92. The van der Waals surface area contributed by atoms with Crippen molar-refractivity contribution in [3.05, 3.63) is 30.3 Å². The van der Waals surface area contributed by atoms with Gasteiger partial charge in [0.15, 0.2) is 12.2 Å². The highest BCUT2D eigenvalue weighted by Crippen LogP contribution is 2.36. The maximum absolute atomic E-state index is 11.5. The standard InChI is InChI=1S/C18H22O8S/c1-10(19)23-9-14-16(24-11(2)20)15(22)17(25-12(3)21)18(26-14)27-13-7-5-4-6-8-13/h4-8,14-18,22H,9H2,1-3H3/t14-,15+,16+,17-,18+/m1/s1. The van der Waals surface area contributed by atoms with Crippen molar-refractivity contribution in [2.75, 3.05) is 6.61 Å². The van der Waals surface area contributed by atoms with Crippen molar-refractivity contribution in [2.24, 2.45) is 0 Å². The highest BCUT2D eigenvalue weighted by molar-refractivity contribution is 7.99. The monoisotopic (exact) mass is 398 g/mol. The van der Waals surface area contributed by atoms with Crippen molar-refractivity contribution >= 4 is 29.7 Å². The molecule has 1 aromatic carbocycles. The van der Waals surface area contributed by atoms with Crippen molar-refractivity contribution in [2.45, 2.75) is 55.5 Å². The number of hydrogen-bond acceptors (Lipinski definition) is 9. The summed E-state index contributed by atoms with van der Waals surface area (Å²) in [6, 6.07) is 9.19. The van der Waals surface area contributed by atoms with Crippen molar-refractivity contribution in [1.82, 2.24) is 0 Å². The van der Waals surface area contributed by atoms with Crippen LogP contribution in [0.4, 0.5) is 0 Å². The zero-order valence-electron chi connectivity index (χ0n) is 15.2. The lowest BCUT2D eigenvalue weighted by Gasteiger charge is -2.42. The van der Waals surface area contributed by atoms with Crippen LogP contribution in [0.15, 0.2) is 35.2 Å². The van der Waals surface area contributed by atoms with E-state index in [-0.39, 0.29) is 6.61 Å². The van der Waals surface area contributed by atoms with Gasteiger partial charge < -0.3 is 24.1 Å². The van der Waals surface area contributed by atoms with Crippen molar-refractivity contribution in [3.63, 3.8) is 0 Å². The van der Waals surface area contributed by atoms with Gasteiger partial charge in [-0.3, -0.25) is 14.4 Å². The number of carbonyl (C=O) groups is 3. The number of carbonyl (C=O) groups excluding carboxylic acids is 3. The average Bonchev–Trinajstić information content (AvgIpc) is 2.59. The Hall–Kier alpha value is -2.10. The smallest absolute Gasteiger partial charge is 0.303 e. The maximum Gasteiger partial charge on any atom is 0.303 e. The molecule has 0 bridgehead atoms. The number of esters is 3. The van der Waals surface area contributed by atoms with Gasteiger partial charge >= 0.3 is 17.9 Å². The van der Waals surface area contributed by atoms with Crippen LogP contribution in [0.3, 0.4) is 0 Å². The van der Waals surface area contributed by atoms with Gasteiger partial charge in [0.1, 0.15) is 24.3 Å². The molecule has 0 radical (unpaired) electrons. The zero-order chi connectivity index (χ0) is 20.0. The van der Waals surface area contributed by atoms with Crippen LogP contribution in [0.5, 0.6) is 0 Å². The average molecular weight is 398 g/mol. The molecule has 1 aromatic rings. The minimum atomic E-state index is -1.35. The van der Waals surface area contributed by atoms with Crippen molar-refractivity contribution in [3.8, 4) is 0 Å². The topological polar surface area (TPSA) is 108 Å². The van der Waals surface area contributed by atoms with E-state index in [1.165, 1.54) is 32.5 Å². The molecule has 0 aliphatic carbocycles. The molecular formula is C18H22O8S. The van der Waals surface area contributed by atoms with Gasteiger partial charge in [0, 0.05) is 25.7 Å². The normalized spacial score (nSPS) is 27.5. The summed E-state index contributed by atoms with van der Waals surface area (Å²) in [7, 11) is 0. The van der Waals surface area contributed by atoms with E-state index in [4.69, 9.17) is 18.9 Å². The third-order valence-electron chi connectivity index (χ3n) is 3.67. The summed E-state index contributed by atoms with van der Waals surface area (Å²) in [4.78, 5) is 34.9. The molecule has 5 atom stereocenters.